The number of rotatable bonds is 4. The van der Waals surface area contributed by atoms with Crippen molar-refractivity contribution in [1.29, 1.82) is 0 Å². The van der Waals surface area contributed by atoms with Gasteiger partial charge in [-0.2, -0.15) is 0 Å². The Morgan fingerprint density at radius 2 is 2.20 bits per heavy atom. The van der Waals surface area contributed by atoms with Crippen LogP contribution in [0.1, 0.15) is 31.4 Å². The standard InChI is InChI=1S/C13H17N3O2S2/c14-13(19)12-11(2-1-5-15-12)20(17,18)16-10-7-8-3-4-9(10)6-8/h1-2,5,8-10,16H,3-4,6-7H2,(H2,14,19). The molecule has 7 heteroatoms. The Balaban J connectivity index is 1.87. The van der Waals surface area contributed by atoms with Gasteiger partial charge in [0.25, 0.3) is 0 Å². The number of nitrogens with zero attached hydrogens (tertiary/aromatic N) is 1. The summed E-state index contributed by atoms with van der Waals surface area (Å²) in [7, 11) is -3.62. The molecule has 108 valence electrons. The molecule has 2 aliphatic rings. The van der Waals surface area contributed by atoms with E-state index in [1.165, 1.54) is 18.7 Å². The highest BCUT2D eigenvalue weighted by atomic mass is 32.2. The van der Waals surface area contributed by atoms with Crippen molar-refractivity contribution in [2.75, 3.05) is 0 Å². The first-order chi connectivity index (χ1) is 9.47. The zero-order chi connectivity index (χ0) is 14.3. The van der Waals surface area contributed by atoms with E-state index in [-0.39, 0.29) is 21.6 Å². The quantitative estimate of drug-likeness (QED) is 0.816. The third kappa shape index (κ3) is 2.45. The van der Waals surface area contributed by atoms with E-state index in [1.54, 1.807) is 6.07 Å². The highest BCUT2D eigenvalue weighted by molar-refractivity contribution is 7.89. The number of thiocarbonyl (C=S) groups is 1. The Kier molecular flexibility index (Phi) is 3.51. The van der Waals surface area contributed by atoms with Gasteiger partial charge in [0.1, 0.15) is 15.6 Å². The third-order valence-electron chi connectivity index (χ3n) is 4.34. The topological polar surface area (TPSA) is 85.1 Å². The number of aromatic nitrogens is 1. The Morgan fingerprint density at radius 1 is 1.40 bits per heavy atom. The predicted molar refractivity (Wildman–Crippen MR) is 79.7 cm³/mol. The van der Waals surface area contributed by atoms with Gasteiger partial charge in [-0.15, -0.1) is 0 Å². The van der Waals surface area contributed by atoms with Crippen LogP contribution in [0.2, 0.25) is 0 Å². The summed E-state index contributed by atoms with van der Waals surface area (Å²) in [5.41, 5.74) is 5.72. The second kappa shape index (κ2) is 5.05. The highest BCUT2D eigenvalue weighted by Crippen LogP contribution is 2.44. The van der Waals surface area contributed by atoms with Crippen LogP contribution in [-0.4, -0.2) is 24.4 Å². The summed E-state index contributed by atoms with van der Waals surface area (Å²) in [6, 6.07) is 3.12. The Bertz CT molecular complexity index is 645. The molecule has 3 rings (SSSR count). The van der Waals surface area contributed by atoms with Crippen LogP contribution in [0.4, 0.5) is 0 Å². The lowest BCUT2D eigenvalue weighted by Crippen LogP contribution is -2.39. The zero-order valence-corrected chi connectivity index (χ0v) is 12.6. The van der Waals surface area contributed by atoms with E-state index < -0.39 is 10.0 Å². The Morgan fingerprint density at radius 3 is 2.80 bits per heavy atom. The molecule has 3 atom stereocenters. The summed E-state index contributed by atoms with van der Waals surface area (Å²) in [5, 5.41) is 0. The first kappa shape index (κ1) is 13.9. The van der Waals surface area contributed by atoms with Gasteiger partial charge in [0.2, 0.25) is 10.0 Å². The largest absolute Gasteiger partial charge is 0.388 e. The third-order valence-corrected chi connectivity index (χ3v) is 6.05. The molecule has 0 aromatic carbocycles. The molecule has 2 fully saturated rings. The van der Waals surface area contributed by atoms with Gasteiger partial charge in [-0.05, 0) is 43.2 Å². The second-order valence-electron chi connectivity index (χ2n) is 5.62. The van der Waals surface area contributed by atoms with Gasteiger partial charge in [-0.3, -0.25) is 4.98 Å². The van der Waals surface area contributed by atoms with Crippen molar-refractivity contribution in [2.24, 2.45) is 17.6 Å². The van der Waals surface area contributed by atoms with E-state index in [1.807, 2.05) is 0 Å². The van der Waals surface area contributed by atoms with E-state index in [0.717, 1.165) is 19.3 Å². The van der Waals surface area contributed by atoms with E-state index in [2.05, 4.69) is 9.71 Å². The van der Waals surface area contributed by atoms with Crippen LogP contribution < -0.4 is 10.5 Å². The van der Waals surface area contributed by atoms with Crippen LogP contribution in [0.3, 0.4) is 0 Å². The predicted octanol–water partition coefficient (Wildman–Crippen LogP) is 1.18. The molecule has 1 aromatic heterocycles. The maximum absolute atomic E-state index is 12.5. The normalized spacial score (nSPS) is 28.7. The Labute approximate surface area is 124 Å². The number of hydrogen-bond donors (Lipinski definition) is 2. The maximum Gasteiger partial charge on any atom is 0.243 e. The molecule has 0 radical (unpaired) electrons. The minimum Gasteiger partial charge on any atom is -0.388 e. The summed E-state index contributed by atoms with van der Waals surface area (Å²) in [6.45, 7) is 0. The fourth-order valence-electron chi connectivity index (χ4n) is 3.44. The molecule has 2 aliphatic carbocycles. The van der Waals surface area contributed by atoms with Crippen molar-refractivity contribution in [2.45, 2.75) is 36.6 Å². The molecule has 3 unspecified atom stereocenters. The fourth-order valence-corrected chi connectivity index (χ4v) is 5.16. The van der Waals surface area contributed by atoms with Gasteiger partial charge in [0.15, 0.2) is 0 Å². The van der Waals surface area contributed by atoms with Gasteiger partial charge in [-0.1, -0.05) is 18.6 Å². The first-order valence-electron chi connectivity index (χ1n) is 6.74. The van der Waals surface area contributed by atoms with Crippen molar-refractivity contribution in [3.8, 4) is 0 Å². The first-order valence-corrected chi connectivity index (χ1v) is 8.63. The molecular weight excluding hydrogens is 294 g/mol. The van der Waals surface area contributed by atoms with E-state index in [9.17, 15) is 8.42 Å². The summed E-state index contributed by atoms with van der Waals surface area (Å²) >= 11 is 4.88. The van der Waals surface area contributed by atoms with E-state index in [0.29, 0.717) is 11.8 Å². The smallest absolute Gasteiger partial charge is 0.243 e. The molecule has 1 aromatic rings. The molecule has 3 N–H and O–H groups in total. The van der Waals surface area contributed by atoms with Crippen molar-refractivity contribution in [3.05, 3.63) is 24.0 Å². The molecule has 20 heavy (non-hydrogen) atoms. The molecule has 1 heterocycles. The van der Waals surface area contributed by atoms with E-state index >= 15 is 0 Å². The van der Waals surface area contributed by atoms with Crippen LogP contribution in [-0.2, 0) is 10.0 Å². The molecule has 2 saturated carbocycles. The average molecular weight is 311 g/mol. The van der Waals surface area contributed by atoms with Gasteiger partial charge in [-0.25, -0.2) is 13.1 Å². The minimum atomic E-state index is -3.62. The summed E-state index contributed by atoms with van der Waals surface area (Å²) in [4.78, 5) is 4.06. The summed E-state index contributed by atoms with van der Waals surface area (Å²) in [6.07, 6.45) is 5.92. The number of hydrogen-bond acceptors (Lipinski definition) is 4. The minimum absolute atomic E-state index is 0.00100. The average Bonchev–Trinajstić information content (AvgIpc) is 3.00. The van der Waals surface area contributed by atoms with Crippen LogP contribution in [0.15, 0.2) is 23.2 Å². The monoisotopic (exact) mass is 311 g/mol. The lowest BCUT2D eigenvalue weighted by atomic mass is 9.96. The van der Waals surface area contributed by atoms with Crippen LogP contribution in [0, 0.1) is 11.8 Å². The Hall–Kier alpha value is -1.05. The van der Waals surface area contributed by atoms with Gasteiger partial charge in [0.05, 0.1) is 0 Å². The summed E-state index contributed by atoms with van der Waals surface area (Å²) in [5.74, 6) is 1.15. The van der Waals surface area contributed by atoms with Crippen LogP contribution in [0.25, 0.3) is 0 Å². The molecule has 0 spiro atoms. The number of fused-ring (bicyclic) bond motifs is 2. The number of nitrogens with two attached hydrogens (primary N) is 1. The van der Waals surface area contributed by atoms with Gasteiger partial charge >= 0.3 is 0 Å². The lowest BCUT2D eigenvalue weighted by Gasteiger charge is -2.23. The van der Waals surface area contributed by atoms with Crippen molar-refractivity contribution < 1.29 is 8.42 Å². The van der Waals surface area contributed by atoms with Crippen molar-refractivity contribution in [1.82, 2.24) is 9.71 Å². The van der Waals surface area contributed by atoms with Crippen molar-refractivity contribution >= 4 is 27.2 Å². The summed E-state index contributed by atoms with van der Waals surface area (Å²) < 4.78 is 27.9. The maximum atomic E-state index is 12.5. The molecular formula is C13H17N3O2S2. The SMILES string of the molecule is NC(=S)c1ncccc1S(=O)(=O)NC1CC2CCC1C2. The lowest BCUT2D eigenvalue weighted by molar-refractivity contribution is 0.390. The molecule has 0 amide bonds. The van der Waals surface area contributed by atoms with Crippen LogP contribution in [0.5, 0.6) is 0 Å². The molecule has 0 saturated heterocycles. The molecule has 0 aliphatic heterocycles. The van der Waals surface area contributed by atoms with Gasteiger partial charge in [0, 0.05) is 12.2 Å². The van der Waals surface area contributed by atoms with Crippen molar-refractivity contribution in [3.63, 3.8) is 0 Å². The van der Waals surface area contributed by atoms with Crippen LogP contribution >= 0.6 is 12.2 Å². The number of nitrogens with one attached hydrogen (secondary N) is 1. The second-order valence-corrected chi connectivity index (χ2v) is 7.74. The molecule has 5 nitrogen and oxygen atoms in total. The zero-order valence-electron chi connectivity index (χ0n) is 11.0. The van der Waals surface area contributed by atoms with Gasteiger partial charge < -0.3 is 5.73 Å². The number of sulfonamides is 1. The number of pyridine rings is 1. The fraction of sp³-hybridized carbons (Fsp3) is 0.538. The van der Waals surface area contributed by atoms with E-state index in [4.69, 9.17) is 18.0 Å². The molecule has 2 bridgehead atoms. The highest BCUT2D eigenvalue weighted by Gasteiger charge is 2.41.